The summed E-state index contributed by atoms with van der Waals surface area (Å²) in [4.78, 5) is 20.2. The maximum absolute atomic E-state index is 14.5. The Balaban J connectivity index is 1.49. The van der Waals surface area contributed by atoms with E-state index in [9.17, 15) is 18.8 Å². The fourth-order valence-corrected chi connectivity index (χ4v) is 6.26. The molecule has 2 aromatic rings. The van der Waals surface area contributed by atoms with Crippen LogP contribution < -0.4 is 16.0 Å². The van der Waals surface area contributed by atoms with Crippen molar-refractivity contribution >= 4 is 40.8 Å². The smallest absolute Gasteiger partial charge is 0.225 e. The molecule has 9 heteroatoms. The van der Waals surface area contributed by atoms with E-state index in [4.69, 9.17) is 5.73 Å². The van der Waals surface area contributed by atoms with E-state index in [0.717, 1.165) is 35.8 Å². The molecule has 0 bridgehead atoms. The van der Waals surface area contributed by atoms with Crippen molar-refractivity contribution in [1.82, 2.24) is 5.32 Å². The Hall–Kier alpha value is -3.38. The molecule has 1 unspecified atom stereocenters. The zero-order chi connectivity index (χ0) is 27.4. The Kier molecular flexibility index (Phi) is 8.22. The van der Waals surface area contributed by atoms with Crippen molar-refractivity contribution in [2.45, 2.75) is 43.8 Å². The molecule has 3 N–H and O–H groups in total. The van der Waals surface area contributed by atoms with Crippen LogP contribution in [0, 0.1) is 29.0 Å². The van der Waals surface area contributed by atoms with Gasteiger partial charge >= 0.3 is 0 Å². The number of carbonyl (C=O) groups is 1. The second-order valence-corrected chi connectivity index (χ2v) is 11.8. The lowest BCUT2D eigenvalue weighted by atomic mass is 9.74. The number of nitrogens with zero attached hydrogens (tertiary/aromatic N) is 3. The van der Waals surface area contributed by atoms with E-state index in [0.29, 0.717) is 42.6 Å². The molecule has 2 saturated carbocycles. The number of halogens is 2. The number of aliphatic imine (C=N–C) groups is 1. The lowest BCUT2D eigenvalue weighted by molar-refractivity contribution is -0.128. The third-order valence-electron chi connectivity index (χ3n) is 7.88. The molecule has 6 nitrogen and oxygen atoms in total. The van der Waals surface area contributed by atoms with Gasteiger partial charge in [0, 0.05) is 59.6 Å². The van der Waals surface area contributed by atoms with Gasteiger partial charge in [-0.2, -0.15) is 17.0 Å². The largest absolute Gasteiger partial charge is 0.401 e. The molecule has 0 aromatic heterocycles. The molecule has 3 fully saturated rings. The molecule has 2 aliphatic carbocycles. The molecule has 3 atom stereocenters. The highest BCUT2D eigenvalue weighted by atomic mass is 32.2. The summed E-state index contributed by atoms with van der Waals surface area (Å²) >= 11 is 1.95. The molecule has 1 heterocycles. The molecule has 3 aliphatic rings. The van der Waals surface area contributed by atoms with E-state index >= 15 is 0 Å². The highest BCUT2D eigenvalue weighted by Gasteiger charge is 2.47. The van der Waals surface area contributed by atoms with Crippen LogP contribution in [-0.4, -0.2) is 48.4 Å². The number of alkyl halides is 1. The second kappa shape index (κ2) is 11.8. The van der Waals surface area contributed by atoms with Crippen LogP contribution in [-0.2, 0) is 4.79 Å². The van der Waals surface area contributed by atoms with Gasteiger partial charge in [-0.05, 0) is 74.1 Å². The van der Waals surface area contributed by atoms with Crippen LogP contribution in [0.15, 0.2) is 59.2 Å². The van der Waals surface area contributed by atoms with Gasteiger partial charge in [0.2, 0.25) is 5.91 Å². The molecule has 2 aromatic carbocycles. The normalized spacial score (nSPS) is 25.1. The van der Waals surface area contributed by atoms with Crippen LogP contribution in [0.3, 0.4) is 0 Å². The molecule has 1 amide bonds. The van der Waals surface area contributed by atoms with E-state index in [1.807, 2.05) is 23.9 Å². The predicted octanol–water partition coefficient (Wildman–Crippen LogP) is 5.38. The molecule has 204 valence electrons. The first-order valence-electron chi connectivity index (χ1n) is 13.5. The monoisotopic (exact) mass is 549 g/mol. The standard InChI is InChI=1S/C30H33F2N5OS/c31-21-3-6-23(7-4-21)35-18-27(20-1-8-24(9-2-20)37-13-15-39-16-14-37)28(34)25-10-5-22(32)17-26(25)29(38)36-30(19-33)11-12-30/h1-4,6-9,18,22,25-26H,5,10-17,34H2,(H,36,38)/t22-,25+,26?/m0/s1. The Morgan fingerprint density at radius 1 is 1.10 bits per heavy atom. The van der Waals surface area contributed by atoms with Crippen LogP contribution >= 0.6 is 11.8 Å². The number of carbonyl (C=O) groups excluding carboxylic acids is 1. The van der Waals surface area contributed by atoms with Gasteiger partial charge in [-0.25, -0.2) is 8.78 Å². The highest BCUT2D eigenvalue weighted by molar-refractivity contribution is 7.99. The SMILES string of the molecule is N#CC1(NC(=O)C2C[C@@H](F)CC[C@H]2C(N)=C(C=Nc2ccc(F)cc2)c2ccc(N3CCSCC3)cc2)CC1. The van der Waals surface area contributed by atoms with Gasteiger partial charge in [0.1, 0.15) is 17.5 Å². The second-order valence-electron chi connectivity index (χ2n) is 10.6. The van der Waals surface area contributed by atoms with Gasteiger partial charge in [0.05, 0.1) is 11.8 Å². The third kappa shape index (κ3) is 6.44. The van der Waals surface area contributed by atoms with Gasteiger partial charge in [-0.1, -0.05) is 12.1 Å². The van der Waals surface area contributed by atoms with Gasteiger partial charge < -0.3 is 16.0 Å². The number of nitrogens with two attached hydrogens (primary N) is 1. The first-order chi connectivity index (χ1) is 18.9. The molecule has 5 rings (SSSR count). The Morgan fingerprint density at radius 3 is 2.44 bits per heavy atom. The van der Waals surface area contributed by atoms with E-state index < -0.39 is 23.5 Å². The number of allylic oxidation sites excluding steroid dienone is 2. The fraction of sp³-hybridized carbons (Fsp3) is 0.433. The van der Waals surface area contributed by atoms with Crippen LogP contribution in [0.1, 0.15) is 37.7 Å². The van der Waals surface area contributed by atoms with Crippen molar-refractivity contribution in [3.05, 3.63) is 65.6 Å². The zero-order valence-corrected chi connectivity index (χ0v) is 22.6. The number of hydrogen-bond acceptors (Lipinski definition) is 6. The molecular weight excluding hydrogens is 516 g/mol. The third-order valence-corrected chi connectivity index (χ3v) is 8.83. The number of nitriles is 1. The van der Waals surface area contributed by atoms with E-state index in [2.05, 4.69) is 33.4 Å². The van der Waals surface area contributed by atoms with Crippen LogP contribution in [0.25, 0.3) is 5.57 Å². The van der Waals surface area contributed by atoms with Crippen molar-refractivity contribution < 1.29 is 13.6 Å². The lowest BCUT2D eigenvalue weighted by Gasteiger charge is -2.34. The van der Waals surface area contributed by atoms with Crippen molar-refractivity contribution in [2.75, 3.05) is 29.5 Å². The minimum Gasteiger partial charge on any atom is -0.401 e. The quantitative estimate of drug-likeness (QED) is 0.453. The molecular formula is C30H33F2N5OS. The minimum absolute atomic E-state index is 0.0625. The van der Waals surface area contributed by atoms with Crippen molar-refractivity contribution in [1.29, 1.82) is 5.26 Å². The van der Waals surface area contributed by atoms with E-state index in [-0.39, 0.29) is 18.1 Å². The van der Waals surface area contributed by atoms with E-state index in [1.54, 1.807) is 18.3 Å². The average molecular weight is 550 g/mol. The number of hydrogen-bond donors (Lipinski definition) is 2. The summed E-state index contributed by atoms with van der Waals surface area (Å²) in [5.41, 5.74) is 9.65. The Morgan fingerprint density at radius 2 is 1.79 bits per heavy atom. The van der Waals surface area contributed by atoms with Crippen molar-refractivity contribution in [2.24, 2.45) is 22.6 Å². The van der Waals surface area contributed by atoms with Crippen molar-refractivity contribution in [3.63, 3.8) is 0 Å². The number of anilines is 1. The average Bonchev–Trinajstić information content (AvgIpc) is 3.74. The number of benzene rings is 2. The van der Waals surface area contributed by atoms with Gasteiger partial charge in [-0.3, -0.25) is 9.79 Å². The summed E-state index contributed by atoms with van der Waals surface area (Å²) in [5, 5.41) is 12.3. The molecule has 0 spiro atoms. The first kappa shape index (κ1) is 27.2. The van der Waals surface area contributed by atoms with E-state index in [1.165, 1.54) is 12.1 Å². The maximum atomic E-state index is 14.5. The summed E-state index contributed by atoms with van der Waals surface area (Å²) in [7, 11) is 0. The van der Waals surface area contributed by atoms with Gasteiger partial charge in [0.25, 0.3) is 0 Å². The molecule has 1 aliphatic heterocycles. The first-order valence-corrected chi connectivity index (χ1v) is 14.6. The summed E-state index contributed by atoms with van der Waals surface area (Å²) in [6.45, 7) is 1.99. The Bertz CT molecular complexity index is 1280. The molecule has 39 heavy (non-hydrogen) atoms. The van der Waals surface area contributed by atoms with Crippen LogP contribution in [0.5, 0.6) is 0 Å². The number of rotatable bonds is 7. The molecule has 0 radical (unpaired) electrons. The number of amides is 1. The number of thioether (sulfide) groups is 1. The zero-order valence-electron chi connectivity index (χ0n) is 21.8. The number of nitrogens with one attached hydrogen (secondary N) is 1. The summed E-state index contributed by atoms with van der Waals surface area (Å²) in [6, 6.07) is 16.2. The van der Waals surface area contributed by atoms with Gasteiger partial charge in [0.15, 0.2) is 0 Å². The molecule has 1 saturated heterocycles. The van der Waals surface area contributed by atoms with Gasteiger partial charge in [-0.15, -0.1) is 0 Å². The predicted molar refractivity (Wildman–Crippen MR) is 153 cm³/mol. The van der Waals surface area contributed by atoms with Crippen LogP contribution in [0.2, 0.25) is 0 Å². The minimum atomic E-state index is -1.10. The lowest BCUT2D eigenvalue weighted by Crippen LogP contribution is -2.45. The van der Waals surface area contributed by atoms with Crippen LogP contribution in [0.4, 0.5) is 20.2 Å². The Labute approximate surface area is 232 Å². The summed E-state index contributed by atoms with van der Waals surface area (Å²) in [5.74, 6) is 0.436. The fourth-order valence-electron chi connectivity index (χ4n) is 5.35. The topological polar surface area (TPSA) is 94.5 Å². The van der Waals surface area contributed by atoms with Crippen molar-refractivity contribution in [3.8, 4) is 6.07 Å². The highest BCUT2D eigenvalue weighted by Crippen LogP contribution is 2.40. The summed E-state index contributed by atoms with van der Waals surface area (Å²) in [6.07, 6.45) is 2.56. The summed E-state index contributed by atoms with van der Waals surface area (Å²) < 4.78 is 28.0. The maximum Gasteiger partial charge on any atom is 0.225 e.